The second-order valence-corrected chi connectivity index (χ2v) is 11.6. The fraction of sp³-hybridized carbons (Fsp3) is 0.538. The summed E-state index contributed by atoms with van der Waals surface area (Å²) < 4.78 is 6.28. The number of aliphatic hydroxyl groups is 1. The summed E-state index contributed by atoms with van der Waals surface area (Å²) in [6.45, 7) is 10.3. The van der Waals surface area contributed by atoms with Gasteiger partial charge >= 0.3 is 0 Å². The zero-order chi connectivity index (χ0) is 25.1. The molecule has 2 heterocycles. The fourth-order valence-electron chi connectivity index (χ4n) is 6.52. The first kappa shape index (κ1) is 23.8. The summed E-state index contributed by atoms with van der Waals surface area (Å²) in [5.74, 6) is 2.62. The SMILES string of the molecule is CC1(C)C(NC(=O)c2ccc(N3C[C@@H]4[C@H](CO)[C@@H]4C3)nn2)C(C)(C)C1Oc1ccc(C#N)c(Cl)c1. The summed E-state index contributed by atoms with van der Waals surface area (Å²) in [6.07, 6.45) is -0.179. The number of hydrogen-bond donors (Lipinski definition) is 2. The van der Waals surface area contributed by atoms with E-state index in [9.17, 15) is 9.90 Å². The average molecular weight is 496 g/mol. The summed E-state index contributed by atoms with van der Waals surface area (Å²) in [5, 5.41) is 30.4. The van der Waals surface area contributed by atoms with Gasteiger partial charge in [-0.15, -0.1) is 10.2 Å². The second-order valence-electron chi connectivity index (χ2n) is 11.2. The van der Waals surface area contributed by atoms with Crippen LogP contribution in [0.3, 0.4) is 0 Å². The van der Waals surface area contributed by atoms with E-state index < -0.39 is 0 Å². The number of benzene rings is 1. The molecule has 0 bridgehead atoms. The van der Waals surface area contributed by atoms with E-state index in [2.05, 4.69) is 48.1 Å². The van der Waals surface area contributed by atoms with Gasteiger partial charge in [0, 0.05) is 42.6 Å². The molecule has 1 saturated heterocycles. The number of ether oxygens (including phenoxy) is 1. The molecule has 2 aromatic rings. The highest BCUT2D eigenvalue weighted by Gasteiger charge is 2.64. The van der Waals surface area contributed by atoms with Crippen LogP contribution in [0.25, 0.3) is 0 Å². The lowest BCUT2D eigenvalue weighted by atomic mass is 9.49. The van der Waals surface area contributed by atoms with Gasteiger partial charge in [0.25, 0.3) is 5.91 Å². The number of nitrogens with zero attached hydrogens (tertiary/aromatic N) is 4. The maximum absolute atomic E-state index is 13.0. The summed E-state index contributed by atoms with van der Waals surface area (Å²) >= 11 is 6.17. The lowest BCUT2D eigenvalue weighted by Crippen LogP contribution is -2.74. The quantitative estimate of drug-likeness (QED) is 0.632. The zero-order valence-corrected chi connectivity index (χ0v) is 21.1. The Bertz CT molecular complexity index is 1160. The minimum absolute atomic E-state index is 0.149. The van der Waals surface area contributed by atoms with Crippen molar-refractivity contribution in [1.82, 2.24) is 15.5 Å². The van der Waals surface area contributed by atoms with Crippen LogP contribution in [-0.2, 0) is 0 Å². The van der Waals surface area contributed by atoms with E-state index >= 15 is 0 Å². The van der Waals surface area contributed by atoms with Gasteiger partial charge in [-0.2, -0.15) is 5.26 Å². The van der Waals surface area contributed by atoms with Crippen molar-refractivity contribution in [3.63, 3.8) is 0 Å². The first-order valence-electron chi connectivity index (χ1n) is 11.9. The van der Waals surface area contributed by atoms with Crippen LogP contribution in [0.4, 0.5) is 5.82 Å². The van der Waals surface area contributed by atoms with Gasteiger partial charge in [-0.25, -0.2) is 0 Å². The number of piperidine rings is 1. The molecule has 0 unspecified atom stereocenters. The Morgan fingerprint density at radius 1 is 1.20 bits per heavy atom. The Balaban J connectivity index is 1.22. The number of halogens is 1. The smallest absolute Gasteiger partial charge is 0.272 e. The van der Waals surface area contributed by atoms with Crippen molar-refractivity contribution < 1.29 is 14.6 Å². The van der Waals surface area contributed by atoms with E-state index in [1.807, 2.05) is 12.1 Å². The van der Waals surface area contributed by atoms with Crippen molar-refractivity contribution in [3.8, 4) is 11.8 Å². The van der Waals surface area contributed by atoms with Gasteiger partial charge in [0.1, 0.15) is 17.9 Å². The molecular formula is C26H30ClN5O3. The first-order chi connectivity index (χ1) is 16.6. The second kappa shape index (κ2) is 8.35. The molecule has 0 spiro atoms. The summed E-state index contributed by atoms with van der Waals surface area (Å²) in [7, 11) is 0. The highest BCUT2D eigenvalue weighted by molar-refractivity contribution is 6.31. The van der Waals surface area contributed by atoms with Crippen LogP contribution in [0.2, 0.25) is 5.02 Å². The number of amides is 1. The van der Waals surface area contributed by atoms with Crippen LogP contribution >= 0.6 is 11.6 Å². The Kier molecular flexibility index (Phi) is 5.69. The third kappa shape index (κ3) is 3.91. The molecule has 3 fully saturated rings. The van der Waals surface area contributed by atoms with Crippen LogP contribution in [0.15, 0.2) is 30.3 Å². The number of nitriles is 1. The van der Waals surface area contributed by atoms with Crippen molar-refractivity contribution in [2.45, 2.75) is 39.8 Å². The molecule has 35 heavy (non-hydrogen) atoms. The number of carbonyl (C=O) groups excluding carboxylic acids is 1. The number of anilines is 1. The van der Waals surface area contributed by atoms with Crippen LogP contribution < -0.4 is 15.0 Å². The van der Waals surface area contributed by atoms with Gasteiger partial charge in [-0.05, 0) is 42.0 Å². The van der Waals surface area contributed by atoms with Gasteiger partial charge in [0.15, 0.2) is 11.5 Å². The maximum atomic E-state index is 13.0. The minimum Gasteiger partial charge on any atom is -0.489 e. The number of aromatic nitrogens is 2. The van der Waals surface area contributed by atoms with E-state index in [0.29, 0.717) is 34.1 Å². The summed E-state index contributed by atoms with van der Waals surface area (Å²) in [4.78, 5) is 15.2. The number of hydrogen-bond acceptors (Lipinski definition) is 7. The third-order valence-electron chi connectivity index (χ3n) is 8.22. The normalized spacial score (nSPS) is 29.5. The van der Waals surface area contributed by atoms with Crippen molar-refractivity contribution in [2.24, 2.45) is 28.6 Å². The molecule has 0 radical (unpaired) electrons. The third-order valence-corrected chi connectivity index (χ3v) is 8.53. The largest absolute Gasteiger partial charge is 0.489 e. The lowest BCUT2D eigenvalue weighted by molar-refractivity contribution is -0.164. The summed E-state index contributed by atoms with van der Waals surface area (Å²) in [6, 6.07) is 10.5. The van der Waals surface area contributed by atoms with Crippen LogP contribution in [0, 0.1) is 39.9 Å². The molecule has 1 aromatic heterocycles. The molecule has 1 aliphatic heterocycles. The number of fused-ring (bicyclic) bond motifs is 1. The molecule has 3 atom stereocenters. The fourth-order valence-corrected chi connectivity index (χ4v) is 6.74. The molecule has 1 amide bonds. The Hall–Kier alpha value is -2.89. The molecule has 5 rings (SSSR count). The van der Waals surface area contributed by atoms with Crippen molar-refractivity contribution in [2.75, 3.05) is 24.6 Å². The average Bonchev–Trinajstić information content (AvgIpc) is 3.30. The zero-order valence-electron chi connectivity index (χ0n) is 20.3. The topological polar surface area (TPSA) is 111 Å². The van der Waals surface area contributed by atoms with Crippen LogP contribution in [0.5, 0.6) is 5.75 Å². The van der Waals surface area contributed by atoms with Gasteiger partial charge < -0.3 is 20.1 Å². The van der Waals surface area contributed by atoms with Crippen molar-refractivity contribution in [3.05, 3.63) is 46.6 Å². The highest BCUT2D eigenvalue weighted by Crippen LogP contribution is 2.55. The molecule has 1 aromatic carbocycles. The molecule has 184 valence electrons. The van der Waals surface area contributed by atoms with E-state index in [1.54, 1.807) is 24.3 Å². The molecule has 2 N–H and O–H groups in total. The number of rotatable bonds is 6. The molecule has 2 aliphatic carbocycles. The van der Waals surface area contributed by atoms with Crippen LogP contribution in [-0.4, -0.2) is 53.1 Å². The number of aliphatic hydroxyl groups excluding tert-OH is 1. The van der Waals surface area contributed by atoms with Gasteiger partial charge in [0.05, 0.1) is 10.6 Å². The summed E-state index contributed by atoms with van der Waals surface area (Å²) in [5.41, 5.74) is -0.0279. The Morgan fingerprint density at radius 2 is 1.89 bits per heavy atom. The van der Waals surface area contributed by atoms with E-state index in [4.69, 9.17) is 21.6 Å². The van der Waals surface area contributed by atoms with Gasteiger partial charge in [0.2, 0.25) is 0 Å². The standard InChI is InChI=1S/C26H30ClN5O3/c1-25(2)23(26(3,4)24(25)35-15-6-5-14(10-28)19(27)9-15)29-22(34)20-7-8-21(31-30-20)32-11-16-17(12-32)18(16)13-33/h5-9,16-18,23-24,33H,11-13H2,1-4H3,(H,29,34)/t16-,17+,18-,23?,24?. The lowest BCUT2D eigenvalue weighted by Gasteiger charge is -2.63. The number of carbonyl (C=O) groups is 1. The molecular weight excluding hydrogens is 466 g/mol. The van der Waals surface area contributed by atoms with E-state index in [0.717, 1.165) is 18.9 Å². The van der Waals surface area contributed by atoms with E-state index in [-0.39, 0.29) is 41.2 Å². The molecule has 2 saturated carbocycles. The predicted octanol–water partition coefficient (Wildman–Crippen LogP) is 3.29. The first-order valence-corrected chi connectivity index (χ1v) is 12.3. The maximum Gasteiger partial charge on any atom is 0.272 e. The molecule has 3 aliphatic rings. The van der Waals surface area contributed by atoms with Crippen molar-refractivity contribution in [1.29, 1.82) is 5.26 Å². The minimum atomic E-state index is -0.354. The number of nitrogens with one attached hydrogen (secondary N) is 1. The van der Waals surface area contributed by atoms with Crippen LogP contribution in [0.1, 0.15) is 43.7 Å². The van der Waals surface area contributed by atoms with Crippen molar-refractivity contribution >= 4 is 23.3 Å². The van der Waals surface area contributed by atoms with Gasteiger partial charge in [-0.3, -0.25) is 4.79 Å². The highest BCUT2D eigenvalue weighted by atomic mass is 35.5. The molecule has 9 heteroatoms. The van der Waals surface area contributed by atoms with E-state index in [1.165, 1.54) is 0 Å². The Morgan fingerprint density at radius 3 is 2.43 bits per heavy atom. The molecule has 8 nitrogen and oxygen atoms in total. The monoisotopic (exact) mass is 495 g/mol. The Labute approximate surface area is 210 Å². The predicted molar refractivity (Wildman–Crippen MR) is 131 cm³/mol. The van der Waals surface area contributed by atoms with Gasteiger partial charge in [-0.1, -0.05) is 39.3 Å².